The molecule has 0 aliphatic heterocycles. The van der Waals surface area contributed by atoms with E-state index in [4.69, 9.17) is 5.11 Å². The van der Waals surface area contributed by atoms with Gasteiger partial charge in [-0.05, 0) is 37.3 Å². The van der Waals surface area contributed by atoms with Gasteiger partial charge in [0.25, 0.3) is 11.5 Å². The van der Waals surface area contributed by atoms with Gasteiger partial charge < -0.3 is 15.2 Å². The molecule has 0 fully saturated rings. The number of nitrogens with one attached hydrogen (secondary N) is 1. The fraction of sp³-hybridized carbons (Fsp3) is 0.273. The van der Waals surface area contributed by atoms with E-state index in [0.29, 0.717) is 0 Å². The average molecular weight is 464 g/mol. The summed E-state index contributed by atoms with van der Waals surface area (Å²) in [5.41, 5.74) is -1.16. The van der Waals surface area contributed by atoms with Crippen molar-refractivity contribution in [3.05, 3.63) is 76.3 Å². The van der Waals surface area contributed by atoms with Gasteiger partial charge in [-0.2, -0.15) is 23.0 Å². The number of aliphatic hydroxyl groups is 1. The Morgan fingerprint density at radius 2 is 1.85 bits per heavy atom. The summed E-state index contributed by atoms with van der Waals surface area (Å²) in [7, 11) is 3.25. The van der Waals surface area contributed by atoms with E-state index in [1.807, 2.05) is 0 Å². The average Bonchev–Trinajstić information content (AvgIpc) is 2.79. The van der Waals surface area contributed by atoms with E-state index >= 15 is 0 Å². The Bertz CT molecular complexity index is 1120. The zero-order valence-corrected chi connectivity index (χ0v) is 18.1. The molecule has 3 rings (SSSR count). The minimum absolute atomic E-state index is 0.119. The molecule has 0 spiro atoms. The highest BCUT2D eigenvalue weighted by Crippen LogP contribution is 2.30. The van der Waals surface area contributed by atoms with Crippen LogP contribution in [0.25, 0.3) is 16.9 Å². The molecule has 33 heavy (non-hydrogen) atoms. The molecule has 0 radical (unpaired) electrons. The molecule has 0 bridgehead atoms. The summed E-state index contributed by atoms with van der Waals surface area (Å²) < 4.78 is 43.7. The SMILES string of the molecule is COC.C[C@@H](CO)NC(=O)c1cc(-c2ccc(C(F)(F)F)cc2)nn(-c2cccnc2)c1=O. The van der Waals surface area contributed by atoms with Crippen molar-refractivity contribution in [2.45, 2.75) is 19.1 Å². The minimum Gasteiger partial charge on any atom is -0.394 e. The van der Waals surface area contributed by atoms with Crippen molar-refractivity contribution < 1.29 is 27.8 Å². The first kappa shape index (κ1) is 25.7. The van der Waals surface area contributed by atoms with Gasteiger partial charge in [0.15, 0.2) is 0 Å². The molecule has 1 amide bonds. The lowest BCUT2D eigenvalue weighted by Gasteiger charge is -2.14. The summed E-state index contributed by atoms with van der Waals surface area (Å²) in [6, 6.07) is 7.93. The van der Waals surface area contributed by atoms with Crippen LogP contribution in [0.2, 0.25) is 0 Å². The number of methoxy groups -OCH3 is 1. The van der Waals surface area contributed by atoms with Gasteiger partial charge in [0.2, 0.25) is 0 Å². The van der Waals surface area contributed by atoms with Crippen LogP contribution in [-0.2, 0) is 10.9 Å². The zero-order valence-electron chi connectivity index (χ0n) is 18.1. The summed E-state index contributed by atoms with van der Waals surface area (Å²) in [6.07, 6.45) is -1.64. The molecule has 3 aromatic rings. The Kier molecular flexibility index (Phi) is 8.83. The van der Waals surface area contributed by atoms with Crippen molar-refractivity contribution >= 4 is 5.91 Å². The largest absolute Gasteiger partial charge is 0.416 e. The number of hydrogen-bond acceptors (Lipinski definition) is 6. The second-order valence-corrected chi connectivity index (χ2v) is 6.91. The monoisotopic (exact) mass is 464 g/mol. The smallest absolute Gasteiger partial charge is 0.394 e. The van der Waals surface area contributed by atoms with E-state index < -0.39 is 29.2 Å². The molecule has 0 saturated heterocycles. The second kappa shape index (κ2) is 11.3. The van der Waals surface area contributed by atoms with Crippen LogP contribution in [0.15, 0.2) is 59.7 Å². The number of amides is 1. The van der Waals surface area contributed by atoms with Crippen molar-refractivity contribution in [2.24, 2.45) is 0 Å². The third-order valence-corrected chi connectivity index (χ3v) is 4.21. The Morgan fingerprint density at radius 1 is 1.21 bits per heavy atom. The summed E-state index contributed by atoms with van der Waals surface area (Å²) >= 11 is 0. The quantitative estimate of drug-likeness (QED) is 0.602. The van der Waals surface area contributed by atoms with Crippen molar-refractivity contribution in [1.29, 1.82) is 0 Å². The number of pyridine rings is 1. The molecule has 0 aliphatic rings. The molecule has 1 atom stereocenters. The summed E-state index contributed by atoms with van der Waals surface area (Å²) in [6.45, 7) is 1.22. The molecule has 2 N–H and O–H groups in total. The van der Waals surface area contributed by atoms with Crippen molar-refractivity contribution in [2.75, 3.05) is 20.8 Å². The number of aromatic nitrogens is 3. The van der Waals surface area contributed by atoms with E-state index in [-0.39, 0.29) is 29.1 Å². The van der Waals surface area contributed by atoms with Gasteiger partial charge in [-0.1, -0.05) is 12.1 Å². The van der Waals surface area contributed by atoms with Gasteiger partial charge in [0.05, 0.1) is 29.7 Å². The van der Waals surface area contributed by atoms with Crippen molar-refractivity contribution in [3.63, 3.8) is 0 Å². The number of ether oxygens (including phenoxy) is 1. The van der Waals surface area contributed by atoms with Crippen LogP contribution in [0, 0.1) is 0 Å². The first-order valence-electron chi connectivity index (χ1n) is 9.66. The first-order chi connectivity index (χ1) is 15.6. The maximum atomic E-state index is 12.9. The fourth-order valence-electron chi connectivity index (χ4n) is 2.63. The van der Waals surface area contributed by atoms with E-state index in [1.54, 1.807) is 33.3 Å². The Hall–Kier alpha value is -3.57. The number of benzene rings is 1. The van der Waals surface area contributed by atoms with Crippen LogP contribution in [0.1, 0.15) is 22.8 Å². The van der Waals surface area contributed by atoms with E-state index in [9.17, 15) is 22.8 Å². The Balaban J connectivity index is 0.00000122. The van der Waals surface area contributed by atoms with Gasteiger partial charge in [-0.15, -0.1) is 0 Å². The number of aliphatic hydroxyl groups excluding tert-OH is 1. The van der Waals surface area contributed by atoms with Crippen LogP contribution in [-0.4, -0.2) is 52.6 Å². The van der Waals surface area contributed by atoms with Crippen LogP contribution in [0.3, 0.4) is 0 Å². The highest BCUT2D eigenvalue weighted by Gasteiger charge is 2.30. The zero-order chi connectivity index (χ0) is 24.6. The normalized spacial score (nSPS) is 11.8. The van der Waals surface area contributed by atoms with Crippen LogP contribution >= 0.6 is 0 Å². The molecule has 2 heterocycles. The predicted octanol–water partition coefficient (Wildman–Crippen LogP) is 2.69. The number of carbonyl (C=O) groups is 1. The number of hydrogen-bond donors (Lipinski definition) is 2. The van der Waals surface area contributed by atoms with Crippen molar-refractivity contribution in [1.82, 2.24) is 20.1 Å². The number of nitrogens with zero attached hydrogens (tertiary/aromatic N) is 3. The lowest BCUT2D eigenvalue weighted by molar-refractivity contribution is -0.137. The number of rotatable bonds is 5. The number of halogens is 3. The molecule has 0 saturated carbocycles. The molecule has 176 valence electrons. The van der Waals surface area contributed by atoms with Crippen LogP contribution < -0.4 is 10.9 Å². The molecular formula is C22H23F3N4O4. The topological polar surface area (TPSA) is 106 Å². The van der Waals surface area contributed by atoms with Gasteiger partial charge in [0, 0.05) is 32.0 Å². The Morgan fingerprint density at radius 3 is 2.36 bits per heavy atom. The summed E-state index contributed by atoms with van der Waals surface area (Å²) in [5, 5.41) is 15.8. The third-order valence-electron chi connectivity index (χ3n) is 4.21. The van der Waals surface area contributed by atoms with E-state index in [0.717, 1.165) is 16.8 Å². The molecule has 0 unspecified atom stereocenters. The number of carbonyl (C=O) groups excluding carboxylic acids is 1. The van der Waals surface area contributed by atoms with Gasteiger partial charge in [-0.3, -0.25) is 14.6 Å². The predicted molar refractivity (Wildman–Crippen MR) is 115 cm³/mol. The van der Waals surface area contributed by atoms with Crippen molar-refractivity contribution in [3.8, 4) is 16.9 Å². The van der Waals surface area contributed by atoms with E-state index in [2.05, 4.69) is 20.1 Å². The summed E-state index contributed by atoms with van der Waals surface area (Å²) in [5.74, 6) is -0.741. The van der Waals surface area contributed by atoms with Gasteiger partial charge >= 0.3 is 6.18 Å². The van der Waals surface area contributed by atoms with Gasteiger partial charge in [0.1, 0.15) is 5.56 Å². The lowest BCUT2D eigenvalue weighted by Crippen LogP contribution is -2.39. The Labute approximate surface area is 187 Å². The maximum Gasteiger partial charge on any atom is 0.416 e. The molecule has 0 aliphatic carbocycles. The van der Waals surface area contributed by atoms with Gasteiger partial charge in [-0.25, -0.2) is 0 Å². The lowest BCUT2D eigenvalue weighted by atomic mass is 10.1. The standard InChI is InChI=1S/C20H17F3N4O3.C2H6O/c1-12(11-28)25-18(29)16-9-17(13-4-6-14(7-5-13)20(21,22)23)26-27(19(16)30)15-3-2-8-24-10-15;1-3-2/h2-10,12,28H,11H2,1H3,(H,25,29);1-2H3/t12-;/m0./s1. The molecule has 2 aromatic heterocycles. The maximum absolute atomic E-state index is 12.9. The molecular weight excluding hydrogens is 441 g/mol. The highest BCUT2D eigenvalue weighted by atomic mass is 19.4. The highest BCUT2D eigenvalue weighted by molar-refractivity contribution is 5.95. The fourth-order valence-corrected chi connectivity index (χ4v) is 2.63. The second-order valence-electron chi connectivity index (χ2n) is 6.91. The number of alkyl halides is 3. The van der Waals surface area contributed by atoms with Crippen LogP contribution in [0.4, 0.5) is 13.2 Å². The third kappa shape index (κ3) is 6.70. The molecule has 8 nitrogen and oxygen atoms in total. The van der Waals surface area contributed by atoms with Crippen LogP contribution in [0.5, 0.6) is 0 Å². The molecule has 11 heteroatoms. The minimum atomic E-state index is -4.49. The molecule has 1 aromatic carbocycles. The summed E-state index contributed by atoms with van der Waals surface area (Å²) in [4.78, 5) is 29.3. The first-order valence-corrected chi connectivity index (χ1v) is 9.66. The van der Waals surface area contributed by atoms with E-state index in [1.165, 1.54) is 30.6 Å².